The Morgan fingerprint density at radius 3 is 2.24 bits per heavy atom. The summed E-state index contributed by atoms with van der Waals surface area (Å²) in [6.45, 7) is 2.18. The van der Waals surface area contributed by atoms with Crippen LogP contribution in [-0.4, -0.2) is 0 Å². The molecule has 0 aliphatic heterocycles. The van der Waals surface area contributed by atoms with Gasteiger partial charge in [0.15, 0.2) is 0 Å². The average Bonchev–Trinajstić information content (AvgIpc) is 2.39. The molecule has 2 aromatic rings. The molecule has 0 saturated carbocycles. The van der Waals surface area contributed by atoms with E-state index >= 15 is 0 Å². The zero-order chi connectivity index (χ0) is 12.1. The van der Waals surface area contributed by atoms with Crippen LogP contribution in [0.25, 0.3) is 11.6 Å². The minimum atomic E-state index is 0.778. The van der Waals surface area contributed by atoms with E-state index in [1.54, 1.807) is 0 Å². The first-order valence-electron chi connectivity index (χ1n) is 5.81. The van der Waals surface area contributed by atoms with E-state index < -0.39 is 0 Å². The van der Waals surface area contributed by atoms with Crippen LogP contribution in [0.4, 0.5) is 0 Å². The van der Waals surface area contributed by atoms with E-state index in [1.165, 1.54) is 16.7 Å². The van der Waals surface area contributed by atoms with Crippen LogP contribution < -0.4 is 0 Å². The lowest BCUT2D eigenvalue weighted by molar-refractivity contribution is 1.25. The second kappa shape index (κ2) is 5.70. The molecular formula is C16H15Cl. The molecule has 0 aliphatic carbocycles. The first-order chi connectivity index (χ1) is 8.29. The van der Waals surface area contributed by atoms with Gasteiger partial charge in [0.2, 0.25) is 0 Å². The molecule has 0 saturated heterocycles. The number of allylic oxidation sites excluding steroid dienone is 1. The van der Waals surface area contributed by atoms with Gasteiger partial charge in [0.1, 0.15) is 0 Å². The Kier molecular flexibility index (Phi) is 4.00. The first-order valence-corrected chi connectivity index (χ1v) is 6.19. The van der Waals surface area contributed by atoms with E-state index in [0.717, 1.165) is 11.4 Å². The summed E-state index contributed by atoms with van der Waals surface area (Å²) in [6.07, 6.45) is 3.23. The standard InChI is InChI=1S/C16H15Cl/c1-2-14(15-6-4-3-5-7-15)12-13-8-10-16(17)11-9-13/h3-12H,2H2,1H3/b14-12-. The maximum Gasteiger partial charge on any atom is 0.0406 e. The zero-order valence-corrected chi connectivity index (χ0v) is 10.6. The Morgan fingerprint density at radius 2 is 1.65 bits per heavy atom. The Morgan fingerprint density at radius 1 is 1.00 bits per heavy atom. The molecule has 0 nitrogen and oxygen atoms in total. The fraction of sp³-hybridized carbons (Fsp3) is 0.125. The van der Waals surface area contributed by atoms with Gasteiger partial charge >= 0.3 is 0 Å². The number of benzene rings is 2. The third kappa shape index (κ3) is 3.21. The monoisotopic (exact) mass is 242 g/mol. The predicted molar refractivity (Wildman–Crippen MR) is 76.1 cm³/mol. The van der Waals surface area contributed by atoms with Gasteiger partial charge in [0, 0.05) is 5.02 Å². The normalized spacial score (nSPS) is 11.5. The van der Waals surface area contributed by atoms with Gasteiger partial charge in [0.05, 0.1) is 0 Å². The predicted octanol–water partition coefficient (Wildman–Crippen LogP) is 5.29. The SMILES string of the molecule is CC/C(=C/c1ccc(Cl)cc1)c1ccccc1. The molecule has 17 heavy (non-hydrogen) atoms. The van der Waals surface area contributed by atoms with Crippen LogP contribution in [0, 0.1) is 0 Å². The molecule has 0 aromatic heterocycles. The summed E-state index contributed by atoms with van der Waals surface area (Å²) in [5, 5.41) is 0.778. The number of hydrogen-bond acceptors (Lipinski definition) is 0. The van der Waals surface area contributed by atoms with Gasteiger partial charge in [-0.25, -0.2) is 0 Å². The quantitative estimate of drug-likeness (QED) is 0.642. The van der Waals surface area contributed by atoms with E-state index in [0.29, 0.717) is 0 Å². The third-order valence-corrected chi connectivity index (χ3v) is 2.99. The van der Waals surface area contributed by atoms with Gasteiger partial charge in [-0.3, -0.25) is 0 Å². The number of rotatable bonds is 3. The Hall–Kier alpha value is -1.53. The Bertz CT molecular complexity index is 495. The topological polar surface area (TPSA) is 0 Å². The Labute approximate surface area is 108 Å². The molecule has 0 N–H and O–H groups in total. The van der Waals surface area contributed by atoms with Crippen molar-refractivity contribution in [2.45, 2.75) is 13.3 Å². The number of halogens is 1. The molecule has 0 radical (unpaired) electrons. The van der Waals surface area contributed by atoms with E-state index in [4.69, 9.17) is 11.6 Å². The van der Waals surface area contributed by atoms with E-state index in [-0.39, 0.29) is 0 Å². The van der Waals surface area contributed by atoms with Crippen LogP contribution in [-0.2, 0) is 0 Å². The summed E-state index contributed by atoms with van der Waals surface area (Å²) in [5.41, 5.74) is 3.81. The molecule has 2 rings (SSSR count). The van der Waals surface area contributed by atoms with Crippen molar-refractivity contribution in [3.63, 3.8) is 0 Å². The van der Waals surface area contributed by atoms with Gasteiger partial charge in [-0.2, -0.15) is 0 Å². The molecular weight excluding hydrogens is 228 g/mol. The summed E-state index contributed by atoms with van der Waals surface area (Å²) >= 11 is 5.88. The fourth-order valence-corrected chi connectivity index (χ4v) is 1.93. The largest absolute Gasteiger partial charge is 0.0843 e. The molecule has 0 unspecified atom stereocenters. The van der Waals surface area contributed by atoms with Crippen molar-refractivity contribution in [3.8, 4) is 0 Å². The molecule has 0 amide bonds. The van der Waals surface area contributed by atoms with Crippen LogP contribution in [0.1, 0.15) is 24.5 Å². The van der Waals surface area contributed by atoms with Crippen molar-refractivity contribution in [1.29, 1.82) is 0 Å². The van der Waals surface area contributed by atoms with Crippen LogP contribution in [0.2, 0.25) is 5.02 Å². The summed E-state index contributed by atoms with van der Waals surface area (Å²) < 4.78 is 0. The highest BCUT2D eigenvalue weighted by atomic mass is 35.5. The third-order valence-electron chi connectivity index (χ3n) is 2.74. The van der Waals surface area contributed by atoms with Gasteiger partial charge in [-0.05, 0) is 35.3 Å². The minimum Gasteiger partial charge on any atom is -0.0843 e. The van der Waals surface area contributed by atoms with Crippen molar-refractivity contribution >= 4 is 23.3 Å². The molecule has 0 spiro atoms. The molecule has 0 aliphatic rings. The summed E-state index contributed by atoms with van der Waals surface area (Å²) in [7, 11) is 0. The molecule has 1 heteroatoms. The van der Waals surface area contributed by atoms with Crippen molar-refractivity contribution in [3.05, 3.63) is 70.7 Å². The average molecular weight is 243 g/mol. The summed E-state index contributed by atoms with van der Waals surface area (Å²) in [4.78, 5) is 0. The summed E-state index contributed by atoms with van der Waals surface area (Å²) in [6, 6.07) is 18.4. The maximum absolute atomic E-state index is 5.88. The second-order valence-electron chi connectivity index (χ2n) is 3.94. The zero-order valence-electron chi connectivity index (χ0n) is 9.86. The first kappa shape index (κ1) is 11.9. The lowest BCUT2D eigenvalue weighted by atomic mass is 10.0. The lowest BCUT2D eigenvalue weighted by Gasteiger charge is -2.05. The van der Waals surface area contributed by atoms with E-state index in [9.17, 15) is 0 Å². The molecule has 0 fully saturated rings. The minimum absolute atomic E-state index is 0.778. The van der Waals surface area contributed by atoms with Gasteiger partial charge in [-0.1, -0.05) is 67.1 Å². The Balaban J connectivity index is 2.33. The highest BCUT2D eigenvalue weighted by molar-refractivity contribution is 6.30. The molecule has 86 valence electrons. The van der Waals surface area contributed by atoms with Crippen molar-refractivity contribution in [2.75, 3.05) is 0 Å². The molecule has 0 atom stereocenters. The van der Waals surface area contributed by atoms with Crippen molar-refractivity contribution in [2.24, 2.45) is 0 Å². The van der Waals surface area contributed by atoms with Crippen molar-refractivity contribution < 1.29 is 0 Å². The molecule has 0 heterocycles. The van der Waals surface area contributed by atoms with Crippen LogP contribution in [0.5, 0.6) is 0 Å². The smallest absolute Gasteiger partial charge is 0.0406 e. The van der Waals surface area contributed by atoms with Crippen LogP contribution >= 0.6 is 11.6 Å². The van der Waals surface area contributed by atoms with Crippen LogP contribution in [0.15, 0.2) is 54.6 Å². The molecule has 2 aromatic carbocycles. The number of hydrogen-bond donors (Lipinski definition) is 0. The highest BCUT2D eigenvalue weighted by Crippen LogP contribution is 2.21. The second-order valence-corrected chi connectivity index (χ2v) is 4.38. The van der Waals surface area contributed by atoms with E-state index in [1.807, 2.05) is 30.3 Å². The maximum atomic E-state index is 5.88. The highest BCUT2D eigenvalue weighted by Gasteiger charge is 1.98. The van der Waals surface area contributed by atoms with Gasteiger partial charge in [-0.15, -0.1) is 0 Å². The molecule has 0 bridgehead atoms. The van der Waals surface area contributed by atoms with E-state index in [2.05, 4.69) is 37.3 Å². The van der Waals surface area contributed by atoms with Gasteiger partial charge < -0.3 is 0 Å². The van der Waals surface area contributed by atoms with Crippen molar-refractivity contribution in [1.82, 2.24) is 0 Å². The summed E-state index contributed by atoms with van der Waals surface area (Å²) in [5.74, 6) is 0. The fourth-order valence-electron chi connectivity index (χ4n) is 1.80. The van der Waals surface area contributed by atoms with Crippen LogP contribution in [0.3, 0.4) is 0 Å². The lowest BCUT2D eigenvalue weighted by Crippen LogP contribution is -1.82. The van der Waals surface area contributed by atoms with Gasteiger partial charge in [0.25, 0.3) is 0 Å².